The lowest BCUT2D eigenvalue weighted by Crippen LogP contribution is -2.34. The highest BCUT2D eigenvalue weighted by Gasteiger charge is 2.29. The van der Waals surface area contributed by atoms with Gasteiger partial charge in [0.25, 0.3) is 11.8 Å². The van der Waals surface area contributed by atoms with Gasteiger partial charge in [0.15, 0.2) is 0 Å². The smallest absolute Gasteiger partial charge is 0.260 e. The van der Waals surface area contributed by atoms with Crippen molar-refractivity contribution in [3.8, 4) is 5.75 Å². The molecule has 0 saturated carbocycles. The Balaban J connectivity index is 1.41. The van der Waals surface area contributed by atoms with Gasteiger partial charge in [0.05, 0.1) is 41.6 Å². The zero-order chi connectivity index (χ0) is 26.3. The summed E-state index contributed by atoms with van der Waals surface area (Å²) in [5, 5.41) is 3.32. The van der Waals surface area contributed by atoms with E-state index < -0.39 is 0 Å². The van der Waals surface area contributed by atoms with Gasteiger partial charge in [-0.05, 0) is 50.8 Å². The zero-order valence-corrected chi connectivity index (χ0v) is 21.9. The van der Waals surface area contributed by atoms with Crippen LogP contribution in [-0.4, -0.2) is 81.0 Å². The van der Waals surface area contributed by atoms with Crippen molar-refractivity contribution in [2.45, 2.75) is 12.5 Å². The molecule has 37 heavy (non-hydrogen) atoms. The first kappa shape index (κ1) is 24.6. The number of hydrogen-bond donors (Lipinski definition) is 1. The lowest BCUT2D eigenvalue weighted by Gasteiger charge is -2.23. The second-order valence-corrected chi connectivity index (χ2v) is 9.70. The molecule has 2 amide bonds. The number of likely N-dealkylation sites (N-methyl/N-ethyl adjacent to an activating group) is 1. The summed E-state index contributed by atoms with van der Waals surface area (Å²) < 4.78 is 5.63. The predicted octanol–water partition coefficient (Wildman–Crippen LogP) is 3.97. The minimum absolute atomic E-state index is 0.00495. The van der Waals surface area contributed by atoms with Crippen molar-refractivity contribution < 1.29 is 14.3 Å². The van der Waals surface area contributed by atoms with Crippen molar-refractivity contribution >= 4 is 40.4 Å². The summed E-state index contributed by atoms with van der Waals surface area (Å²) in [6, 6.07) is 15.3. The number of para-hydroxylation sites is 1. The van der Waals surface area contributed by atoms with E-state index in [1.54, 1.807) is 31.3 Å². The molecule has 9 heteroatoms. The maximum absolute atomic E-state index is 13.1. The van der Waals surface area contributed by atoms with Gasteiger partial charge in [-0.2, -0.15) is 0 Å². The third kappa shape index (κ3) is 4.46. The zero-order valence-electron chi connectivity index (χ0n) is 21.9. The first-order valence-corrected chi connectivity index (χ1v) is 12.3. The fourth-order valence-electron chi connectivity index (χ4n) is 5.00. The molecule has 0 bridgehead atoms. The van der Waals surface area contributed by atoms with E-state index in [9.17, 15) is 9.59 Å². The Morgan fingerprint density at radius 1 is 1.05 bits per heavy atom. The Morgan fingerprint density at radius 2 is 1.84 bits per heavy atom. The van der Waals surface area contributed by atoms with Crippen LogP contribution < -0.4 is 19.9 Å². The molecule has 192 valence electrons. The van der Waals surface area contributed by atoms with Gasteiger partial charge < -0.3 is 29.7 Å². The largest absolute Gasteiger partial charge is 0.495 e. The molecule has 0 aliphatic carbocycles. The number of benzene rings is 2. The van der Waals surface area contributed by atoms with Gasteiger partial charge in [0.1, 0.15) is 11.6 Å². The molecule has 1 aromatic heterocycles. The van der Waals surface area contributed by atoms with Crippen molar-refractivity contribution in [3.05, 3.63) is 65.9 Å². The Morgan fingerprint density at radius 3 is 2.57 bits per heavy atom. The molecule has 3 aromatic rings. The van der Waals surface area contributed by atoms with Crippen LogP contribution >= 0.6 is 0 Å². The number of carbonyl (C=O) groups excluding carboxylic acids is 2. The van der Waals surface area contributed by atoms with E-state index in [-0.39, 0.29) is 11.8 Å². The molecule has 1 N–H and O–H groups in total. The van der Waals surface area contributed by atoms with E-state index in [4.69, 9.17) is 4.74 Å². The summed E-state index contributed by atoms with van der Waals surface area (Å²) >= 11 is 0. The van der Waals surface area contributed by atoms with E-state index >= 15 is 0 Å². The Hall–Kier alpha value is -4.11. The summed E-state index contributed by atoms with van der Waals surface area (Å²) in [4.78, 5) is 38.4. The highest BCUT2D eigenvalue weighted by Crippen LogP contribution is 2.40. The first-order chi connectivity index (χ1) is 17.8. The third-order valence-corrected chi connectivity index (χ3v) is 7.28. The van der Waals surface area contributed by atoms with Crippen molar-refractivity contribution in [1.29, 1.82) is 0 Å². The summed E-state index contributed by atoms with van der Waals surface area (Å²) in [5.74, 6) is 1.07. The van der Waals surface area contributed by atoms with Crippen LogP contribution in [0.4, 0.5) is 28.6 Å². The minimum Gasteiger partial charge on any atom is -0.495 e. The standard InChI is InChI=1S/C28H32N6O3/c1-31(2)19-12-13-34(17-19)27(35)18-10-11-21(25(14-18)37-5)30-26-15-23-24(16-29-26)33(4)28(36)20-8-6-7-9-22(20)32(23)3/h6-11,14-16,19H,12-13,17H2,1-5H3,(H,29,30). The second kappa shape index (κ2) is 9.74. The van der Waals surface area contributed by atoms with Crippen molar-refractivity contribution in [2.75, 3.05) is 63.5 Å². The van der Waals surface area contributed by atoms with E-state index in [2.05, 4.69) is 15.2 Å². The monoisotopic (exact) mass is 500 g/mol. The molecule has 9 nitrogen and oxygen atoms in total. The number of hydrogen-bond acceptors (Lipinski definition) is 7. The van der Waals surface area contributed by atoms with Crippen LogP contribution in [0.5, 0.6) is 5.75 Å². The van der Waals surface area contributed by atoms with E-state index in [1.165, 1.54) is 0 Å². The molecule has 1 saturated heterocycles. The van der Waals surface area contributed by atoms with Crippen LogP contribution in [0.2, 0.25) is 0 Å². The molecule has 2 aliphatic rings. The fraction of sp³-hybridized carbons (Fsp3) is 0.321. The fourth-order valence-corrected chi connectivity index (χ4v) is 5.00. The highest BCUT2D eigenvalue weighted by molar-refractivity contribution is 6.13. The Kier molecular flexibility index (Phi) is 6.47. The van der Waals surface area contributed by atoms with Crippen LogP contribution in [-0.2, 0) is 0 Å². The topological polar surface area (TPSA) is 81.2 Å². The van der Waals surface area contributed by atoms with E-state index in [0.717, 1.165) is 30.9 Å². The van der Waals surface area contributed by atoms with Crippen molar-refractivity contribution in [3.63, 3.8) is 0 Å². The van der Waals surface area contributed by atoms with Gasteiger partial charge in [0, 0.05) is 44.9 Å². The number of likely N-dealkylation sites (tertiary alicyclic amines) is 1. The number of methoxy groups -OCH3 is 1. The number of pyridine rings is 1. The SMILES string of the molecule is COc1cc(C(=O)N2CCC(N(C)C)C2)ccc1Nc1cc2c(cn1)N(C)C(=O)c1ccccc1N2C. The van der Waals surface area contributed by atoms with Crippen LogP contribution in [0, 0.1) is 0 Å². The summed E-state index contributed by atoms with van der Waals surface area (Å²) in [6.07, 6.45) is 2.66. The molecular formula is C28H32N6O3. The summed E-state index contributed by atoms with van der Waals surface area (Å²) in [7, 11) is 9.37. The number of anilines is 5. The molecule has 2 aliphatic heterocycles. The normalized spacial score (nSPS) is 17.0. The van der Waals surface area contributed by atoms with Crippen molar-refractivity contribution in [2.24, 2.45) is 0 Å². The van der Waals surface area contributed by atoms with Crippen LogP contribution in [0.25, 0.3) is 0 Å². The average Bonchev–Trinajstić information content (AvgIpc) is 3.40. The molecule has 1 unspecified atom stereocenters. The van der Waals surface area contributed by atoms with Crippen LogP contribution in [0.3, 0.4) is 0 Å². The van der Waals surface area contributed by atoms with Crippen LogP contribution in [0.15, 0.2) is 54.7 Å². The molecule has 0 radical (unpaired) electrons. The van der Waals surface area contributed by atoms with Gasteiger partial charge in [0.2, 0.25) is 0 Å². The number of carbonyl (C=O) groups is 2. The lowest BCUT2D eigenvalue weighted by molar-refractivity contribution is 0.0782. The van der Waals surface area contributed by atoms with Gasteiger partial charge >= 0.3 is 0 Å². The summed E-state index contributed by atoms with van der Waals surface area (Å²) in [5.41, 5.74) is 4.30. The highest BCUT2D eigenvalue weighted by atomic mass is 16.5. The molecule has 2 aromatic carbocycles. The molecule has 3 heterocycles. The second-order valence-electron chi connectivity index (χ2n) is 9.70. The quantitative estimate of drug-likeness (QED) is 0.568. The molecule has 5 rings (SSSR count). The number of nitrogens with zero attached hydrogens (tertiary/aromatic N) is 5. The molecule has 0 spiro atoms. The number of aromatic nitrogens is 1. The minimum atomic E-state index is -0.0828. The van der Waals surface area contributed by atoms with Gasteiger partial charge in [-0.3, -0.25) is 9.59 Å². The van der Waals surface area contributed by atoms with Gasteiger partial charge in [-0.25, -0.2) is 4.98 Å². The first-order valence-electron chi connectivity index (χ1n) is 12.3. The third-order valence-electron chi connectivity index (χ3n) is 7.28. The lowest BCUT2D eigenvalue weighted by atomic mass is 10.1. The Labute approximate surface area is 217 Å². The molecule has 1 fully saturated rings. The predicted molar refractivity (Wildman–Crippen MR) is 146 cm³/mol. The average molecular weight is 501 g/mol. The van der Waals surface area contributed by atoms with E-state index in [1.807, 2.05) is 73.4 Å². The number of fused-ring (bicyclic) bond motifs is 2. The number of amides is 2. The van der Waals surface area contributed by atoms with E-state index in [0.29, 0.717) is 40.1 Å². The maximum Gasteiger partial charge on any atom is 0.260 e. The van der Waals surface area contributed by atoms with Crippen LogP contribution in [0.1, 0.15) is 27.1 Å². The Bertz CT molecular complexity index is 1360. The maximum atomic E-state index is 13.1. The van der Waals surface area contributed by atoms with Gasteiger partial charge in [-0.1, -0.05) is 12.1 Å². The number of rotatable bonds is 5. The molecule has 1 atom stereocenters. The summed E-state index contributed by atoms with van der Waals surface area (Å²) in [6.45, 7) is 1.47. The molecular weight excluding hydrogens is 468 g/mol. The number of ether oxygens (including phenoxy) is 1. The van der Waals surface area contributed by atoms with Gasteiger partial charge in [-0.15, -0.1) is 0 Å². The number of nitrogens with one attached hydrogen (secondary N) is 1. The van der Waals surface area contributed by atoms with Crippen molar-refractivity contribution in [1.82, 2.24) is 14.8 Å².